The van der Waals surface area contributed by atoms with Gasteiger partial charge in [0.05, 0.1) is 4.75 Å². The number of amides is 1. The molecule has 0 radical (unpaired) electrons. The zero-order valence-electron chi connectivity index (χ0n) is 29.8. The minimum absolute atomic E-state index is 0.0846. The van der Waals surface area contributed by atoms with Gasteiger partial charge in [-0.1, -0.05) is 170 Å². The molecule has 0 heterocycles. The van der Waals surface area contributed by atoms with Crippen LogP contribution in [0.4, 0.5) is 4.79 Å². The fraction of sp³-hybridized carbons (Fsp3) is 0.128. The zero-order chi connectivity index (χ0) is 37.3. The van der Waals surface area contributed by atoms with Gasteiger partial charge in [-0.05, 0) is 45.9 Å². The van der Waals surface area contributed by atoms with Crippen LogP contribution in [0.5, 0.6) is 0 Å². The monoisotopic (exact) mass is 729 g/mol. The highest BCUT2D eigenvalue weighted by atomic mass is 32.2. The number of fused-ring (bicyclic) bond motifs is 3. The Bertz CT molecular complexity index is 2120. The number of carbonyl (C=O) groups excluding carboxylic acids is 3. The molecule has 0 aliphatic heterocycles. The summed E-state index contributed by atoms with van der Waals surface area (Å²) in [7, 11) is 0. The standard InChI is InChI=1S/C47H39NO5S/c1-33(30-44(49)34-18-6-2-7-19-34)53-45(50)43(48-46(51)52-31-42-40-28-16-14-26-38(40)39-27-15-17-29-41(39)42)32-54-47(35-20-8-3-9-21-35,36-22-10-4-11-23-36)37-24-12-5-13-25-37/h2-30,42-43H,31-32H2,1H3,(H,48,51)/b33-30+/t43-/m0/s1. The number of hydrogen-bond donors (Lipinski definition) is 1. The Hall–Kier alpha value is -6.18. The number of ketones is 1. The van der Waals surface area contributed by atoms with E-state index in [4.69, 9.17) is 9.47 Å². The fourth-order valence-corrected chi connectivity index (χ4v) is 8.60. The molecule has 1 amide bonds. The van der Waals surface area contributed by atoms with Gasteiger partial charge in [0.15, 0.2) is 5.78 Å². The van der Waals surface area contributed by atoms with Gasteiger partial charge in [0, 0.05) is 23.3 Å². The van der Waals surface area contributed by atoms with E-state index in [1.54, 1.807) is 31.2 Å². The second-order valence-corrected chi connectivity index (χ2v) is 14.3. The van der Waals surface area contributed by atoms with E-state index >= 15 is 0 Å². The van der Waals surface area contributed by atoms with Crippen LogP contribution in [0.1, 0.15) is 51.0 Å². The van der Waals surface area contributed by atoms with Crippen molar-refractivity contribution in [2.75, 3.05) is 12.4 Å². The van der Waals surface area contributed by atoms with Crippen molar-refractivity contribution in [2.24, 2.45) is 0 Å². The van der Waals surface area contributed by atoms with Gasteiger partial charge in [-0.15, -0.1) is 11.8 Å². The molecule has 1 N–H and O–H groups in total. The van der Waals surface area contributed by atoms with Gasteiger partial charge in [-0.3, -0.25) is 4.79 Å². The summed E-state index contributed by atoms with van der Waals surface area (Å²) in [6, 6.07) is 54.2. The molecule has 0 aromatic heterocycles. The maximum atomic E-state index is 14.1. The Kier molecular flexibility index (Phi) is 11.2. The first-order valence-electron chi connectivity index (χ1n) is 17.9. The average molecular weight is 730 g/mol. The number of alkyl carbamates (subject to hydrolysis) is 1. The average Bonchev–Trinajstić information content (AvgIpc) is 3.54. The van der Waals surface area contributed by atoms with Crippen LogP contribution in [-0.4, -0.2) is 36.2 Å². The number of thioether (sulfide) groups is 1. The molecule has 0 saturated carbocycles. The van der Waals surface area contributed by atoms with Crippen LogP contribution < -0.4 is 5.32 Å². The van der Waals surface area contributed by atoms with Crippen molar-refractivity contribution >= 4 is 29.6 Å². The van der Waals surface area contributed by atoms with E-state index in [-0.39, 0.29) is 29.8 Å². The van der Waals surface area contributed by atoms with Gasteiger partial charge < -0.3 is 14.8 Å². The van der Waals surface area contributed by atoms with E-state index in [2.05, 4.69) is 66.0 Å². The molecule has 0 unspecified atom stereocenters. The summed E-state index contributed by atoms with van der Waals surface area (Å²) in [4.78, 5) is 40.7. The molecule has 268 valence electrons. The Balaban J connectivity index is 1.18. The lowest BCUT2D eigenvalue weighted by molar-refractivity contribution is -0.141. The molecule has 6 nitrogen and oxygen atoms in total. The summed E-state index contributed by atoms with van der Waals surface area (Å²) >= 11 is 1.51. The Morgan fingerprint density at radius 2 is 1.09 bits per heavy atom. The SMILES string of the molecule is C/C(=C\C(=O)c1ccccc1)OC(=O)[C@H](CSC(c1ccccc1)(c1ccccc1)c1ccccc1)NC(=O)OCC1c2ccccc2-c2ccccc21. The van der Waals surface area contributed by atoms with Crippen molar-refractivity contribution in [3.63, 3.8) is 0 Å². The molecule has 0 spiro atoms. The highest BCUT2D eigenvalue weighted by Gasteiger charge is 2.39. The van der Waals surface area contributed by atoms with E-state index < -0.39 is 22.9 Å². The molecule has 0 bridgehead atoms. The van der Waals surface area contributed by atoms with Crippen molar-refractivity contribution in [1.29, 1.82) is 0 Å². The maximum Gasteiger partial charge on any atom is 0.407 e. The normalized spacial score (nSPS) is 12.9. The molecule has 1 atom stereocenters. The summed E-state index contributed by atoms with van der Waals surface area (Å²) < 4.78 is 10.9. The van der Waals surface area contributed by atoms with Gasteiger partial charge in [-0.2, -0.15) is 0 Å². The van der Waals surface area contributed by atoms with Crippen molar-refractivity contribution < 1.29 is 23.9 Å². The molecule has 54 heavy (non-hydrogen) atoms. The second kappa shape index (κ2) is 16.7. The predicted octanol–water partition coefficient (Wildman–Crippen LogP) is 9.95. The molecule has 6 aromatic rings. The highest BCUT2D eigenvalue weighted by Crippen LogP contribution is 2.49. The number of hydrogen-bond acceptors (Lipinski definition) is 6. The lowest BCUT2D eigenvalue weighted by Gasteiger charge is -2.36. The summed E-state index contributed by atoms with van der Waals surface area (Å²) in [6.45, 7) is 1.64. The van der Waals surface area contributed by atoms with Crippen LogP contribution in [0.3, 0.4) is 0 Å². The smallest absolute Gasteiger partial charge is 0.407 e. The number of rotatable bonds is 13. The molecular weight excluding hydrogens is 691 g/mol. The molecule has 1 aliphatic carbocycles. The zero-order valence-corrected chi connectivity index (χ0v) is 30.6. The minimum atomic E-state index is -1.14. The second-order valence-electron chi connectivity index (χ2n) is 13.0. The third-order valence-electron chi connectivity index (χ3n) is 9.58. The molecular formula is C47H39NO5S. The number of nitrogens with one attached hydrogen (secondary N) is 1. The van der Waals surface area contributed by atoms with E-state index in [0.717, 1.165) is 38.9 Å². The molecule has 0 fully saturated rings. The summed E-state index contributed by atoms with van der Waals surface area (Å²) in [6.07, 6.45) is 0.540. The van der Waals surface area contributed by atoms with E-state index in [0.29, 0.717) is 5.56 Å². The van der Waals surface area contributed by atoms with E-state index in [9.17, 15) is 14.4 Å². The van der Waals surface area contributed by atoms with Crippen LogP contribution in [0.25, 0.3) is 11.1 Å². The summed E-state index contributed by atoms with van der Waals surface area (Å²) in [5.41, 5.74) is 7.88. The maximum absolute atomic E-state index is 14.1. The Labute approximate surface area is 319 Å². The largest absolute Gasteiger partial charge is 0.449 e. The van der Waals surface area contributed by atoms with Crippen molar-refractivity contribution in [3.05, 3.63) is 215 Å². The van der Waals surface area contributed by atoms with Crippen LogP contribution in [0.2, 0.25) is 0 Å². The van der Waals surface area contributed by atoms with Gasteiger partial charge in [-0.25, -0.2) is 9.59 Å². The van der Waals surface area contributed by atoms with Crippen LogP contribution >= 0.6 is 11.8 Å². The Morgan fingerprint density at radius 3 is 1.59 bits per heavy atom. The number of ether oxygens (including phenoxy) is 2. The third kappa shape index (κ3) is 7.77. The lowest BCUT2D eigenvalue weighted by atomic mass is 9.84. The van der Waals surface area contributed by atoms with Crippen LogP contribution in [0, 0.1) is 0 Å². The lowest BCUT2D eigenvalue weighted by Crippen LogP contribution is -2.45. The van der Waals surface area contributed by atoms with Crippen molar-refractivity contribution in [3.8, 4) is 11.1 Å². The number of allylic oxidation sites excluding steroid dienone is 2. The molecule has 7 heteroatoms. The van der Waals surface area contributed by atoms with Gasteiger partial charge >= 0.3 is 12.1 Å². The first-order valence-corrected chi connectivity index (χ1v) is 18.8. The summed E-state index contributed by atoms with van der Waals surface area (Å²) in [5, 5.41) is 2.84. The highest BCUT2D eigenvalue weighted by molar-refractivity contribution is 8.00. The van der Waals surface area contributed by atoms with Crippen molar-refractivity contribution in [1.82, 2.24) is 5.32 Å². The first kappa shape index (κ1) is 36.2. The topological polar surface area (TPSA) is 81.7 Å². The number of esters is 1. The van der Waals surface area contributed by atoms with Crippen LogP contribution in [0.15, 0.2) is 182 Å². The minimum Gasteiger partial charge on any atom is -0.449 e. The van der Waals surface area contributed by atoms with Gasteiger partial charge in [0.25, 0.3) is 0 Å². The van der Waals surface area contributed by atoms with Gasteiger partial charge in [0.2, 0.25) is 0 Å². The van der Waals surface area contributed by atoms with Gasteiger partial charge in [0.1, 0.15) is 18.4 Å². The van der Waals surface area contributed by atoms with Crippen molar-refractivity contribution in [2.45, 2.75) is 23.6 Å². The fourth-order valence-electron chi connectivity index (χ4n) is 7.06. The molecule has 1 aliphatic rings. The summed E-state index contributed by atoms with van der Waals surface area (Å²) in [5.74, 6) is -0.944. The third-order valence-corrected chi connectivity index (χ3v) is 11.2. The quantitative estimate of drug-likeness (QED) is 0.0419. The molecule has 0 saturated heterocycles. The predicted molar refractivity (Wildman–Crippen MR) is 214 cm³/mol. The number of benzene rings is 6. The molecule has 7 rings (SSSR count). The number of carbonyl (C=O) groups is 3. The van der Waals surface area contributed by atoms with Crippen LogP contribution in [-0.2, 0) is 19.0 Å². The van der Waals surface area contributed by atoms with E-state index in [1.165, 1.54) is 17.8 Å². The van der Waals surface area contributed by atoms with E-state index in [1.807, 2.05) is 84.9 Å². The Morgan fingerprint density at radius 1 is 0.648 bits per heavy atom. The first-order chi connectivity index (χ1) is 26.4. The molecule has 6 aromatic carbocycles.